The third-order valence-electron chi connectivity index (χ3n) is 2.97. The van der Waals surface area contributed by atoms with Gasteiger partial charge in [-0.2, -0.15) is 0 Å². The molecule has 0 fully saturated rings. The molecule has 3 rings (SSSR count). The van der Waals surface area contributed by atoms with Gasteiger partial charge in [0.15, 0.2) is 0 Å². The zero-order valence-electron chi connectivity index (χ0n) is 10.8. The second kappa shape index (κ2) is 5.35. The summed E-state index contributed by atoms with van der Waals surface area (Å²) >= 11 is 11.9. The third-order valence-corrected chi connectivity index (χ3v) is 3.69. The van der Waals surface area contributed by atoms with Crippen molar-refractivity contribution < 1.29 is 4.74 Å². The van der Waals surface area contributed by atoms with E-state index in [1.54, 1.807) is 12.1 Å². The van der Waals surface area contributed by atoms with Crippen molar-refractivity contribution in [2.75, 3.05) is 0 Å². The SMILES string of the molecule is Cc1ccc(OCc2nc3cc(Cl)c(Cl)cc3[nH]2)cc1. The van der Waals surface area contributed by atoms with E-state index in [2.05, 4.69) is 9.97 Å². The summed E-state index contributed by atoms with van der Waals surface area (Å²) in [7, 11) is 0. The highest BCUT2D eigenvalue weighted by Gasteiger charge is 2.07. The van der Waals surface area contributed by atoms with E-state index in [1.165, 1.54) is 5.56 Å². The number of rotatable bonds is 3. The molecule has 1 N–H and O–H groups in total. The van der Waals surface area contributed by atoms with Crippen molar-refractivity contribution in [1.82, 2.24) is 9.97 Å². The topological polar surface area (TPSA) is 37.9 Å². The van der Waals surface area contributed by atoms with Crippen molar-refractivity contribution in [3.8, 4) is 5.75 Å². The number of benzene rings is 2. The minimum atomic E-state index is 0.368. The lowest BCUT2D eigenvalue weighted by Crippen LogP contribution is -1.97. The standard InChI is InChI=1S/C15H12Cl2N2O/c1-9-2-4-10(5-3-9)20-8-15-18-13-6-11(16)12(17)7-14(13)19-15/h2-7H,8H2,1H3,(H,18,19). The second-order valence-electron chi connectivity index (χ2n) is 4.57. The first-order valence-electron chi connectivity index (χ1n) is 6.15. The Morgan fingerprint density at radius 1 is 1.10 bits per heavy atom. The van der Waals surface area contributed by atoms with E-state index in [0.717, 1.165) is 22.6 Å². The van der Waals surface area contributed by atoms with E-state index in [0.29, 0.717) is 16.7 Å². The molecule has 0 saturated carbocycles. The van der Waals surface area contributed by atoms with Gasteiger partial charge in [-0.3, -0.25) is 0 Å². The van der Waals surface area contributed by atoms with E-state index in [1.807, 2.05) is 31.2 Å². The van der Waals surface area contributed by atoms with Crippen LogP contribution in [0.2, 0.25) is 10.0 Å². The Balaban J connectivity index is 1.79. The van der Waals surface area contributed by atoms with Crippen LogP contribution in [0, 0.1) is 6.92 Å². The summed E-state index contributed by atoms with van der Waals surface area (Å²) in [5.74, 6) is 1.55. The first kappa shape index (κ1) is 13.3. The Morgan fingerprint density at radius 2 is 1.80 bits per heavy atom. The Labute approximate surface area is 126 Å². The predicted molar refractivity (Wildman–Crippen MR) is 81.6 cm³/mol. The van der Waals surface area contributed by atoms with Crippen LogP contribution in [-0.2, 0) is 6.61 Å². The second-order valence-corrected chi connectivity index (χ2v) is 5.38. The fourth-order valence-electron chi connectivity index (χ4n) is 1.91. The molecule has 0 unspecified atom stereocenters. The number of nitrogens with zero attached hydrogens (tertiary/aromatic N) is 1. The summed E-state index contributed by atoms with van der Waals surface area (Å²) < 4.78 is 5.68. The largest absolute Gasteiger partial charge is 0.486 e. The van der Waals surface area contributed by atoms with Crippen molar-refractivity contribution in [3.05, 3.63) is 57.8 Å². The summed E-state index contributed by atoms with van der Waals surface area (Å²) in [5, 5.41) is 1.01. The molecule has 0 aliphatic rings. The molecule has 0 atom stereocenters. The fraction of sp³-hybridized carbons (Fsp3) is 0.133. The van der Waals surface area contributed by atoms with Gasteiger partial charge in [-0.05, 0) is 31.2 Å². The van der Waals surface area contributed by atoms with Crippen molar-refractivity contribution in [2.45, 2.75) is 13.5 Å². The first-order chi connectivity index (χ1) is 9.61. The summed E-state index contributed by atoms with van der Waals surface area (Å²) in [4.78, 5) is 7.59. The third kappa shape index (κ3) is 2.74. The number of imidazole rings is 1. The highest BCUT2D eigenvalue weighted by Crippen LogP contribution is 2.26. The molecule has 20 heavy (non-hydrogen) atoms. The van der Waals surface area contributed by atoms with E-state index >= 15 is 0 Å². The van der Waals surface area contributed by atoms with Crippen LogP contribution in [0.3, 0.4) is 0 Å². The zero-order chi connectivity index (χ0) is 14.1. The van der Waals surface area contributed by atoms with Crippen LogP contribution in [0.5, 0.6) is 5.75 Å². The van der Waals surface area contributed by atoms with Gasteiger partial charge in [0.05, 0.1) is 21.1 Å². The average Bonchev–Trinajstić information content (AvgIpc) is 2.80. The minimum Gasteiger partial charge on any atom is -0.486 e. The van der Waals surface area contributed by atoms with Crippen molar-refractivity contribution >= 4 is 34.2 Å². The number of hydrogen-bond donors (Lipinski definition) is 1. The number of ether oxygens (including phenoxy) is 1. The lowest BCUT2D eigenvalue weighted by Gasteiger charge is -2.03. The lowest BCUT2D eigenvalue weighted by molar-refractivity contribution is 0.297. The number of nitrogens with one attached hydrogen (secondary N) is 1. The van der Waals surface area contributed by atoms with Crippen molar-refractivity contribution in [3.63, 3.8) is 0 Å². The minimum absolute atomic E-state index is 0.368. The van der Waals surface area contributed by atoms with E-state index in [-0.39, 0.29) is 0 Å². The summed E-state index contributed by atoms with van der Waals surface area (Å²) in [5.41, 5.74) is 2.83. The van der Waals surface area contributed by atoms with Crippen molar-refractivity contribution in [2.24, 2.45) is 0 Å². The maximum absolute atomic E-state index is 5.97. The molecule has 0 aliphatic heterocycles. The van der Waals surface area contributed by atoms with E-state index in [9.17, 15) is 0 Å². The first-order valence-corrected chi connectivity index (χ1v) is 6.90. The molecule has 1 aromatic heterocycles. The van der Waals surface area contributed by atoms with Gasteiger partial charge in [-0.25, -0.2) is 4.98 Å². The number of aromatic nitrogens is 2. The number of H-pyrrole nitrogens is 1. The molecule has 3 nitrogen and oxygen atoms in total. The Morgan fingerprint density at radius 3 is 2.55 bits per heavy atom. The fourth-order valence-corrected chi connectivity index (χ4v) is 2.23. The molecule has 2 aromatic carbocycles. The lowest BCUT2D eigenvalue weighted by atomic mass is 10.2. The van der Waals surface area contributed by atoms with Crippen LogP contribution < -0.4 is 4.74 Å². The Kier molecular flexibility index (Phi) is 3.55. The highest BCUT2D eigenvalue weighted by molar-refractivity contribution is 6.42. The number of hydrogen-bond acceptors (Lipinski definition) is 2. The highest BCUT2D eigenvalue weighted by atomic mass is 35.5. The van der Waals surface area contributed by atoms with Gasteiger partial charge in [0.25, 0.3) is 0 Å². The average molecular weight is 307 g/mol. The van der Waals surface area contributed by atoms with Gasteiger partial charge >= 0.3 is 0 Å². The molecule has 0 bridgehead atoms. The maximum Gasteiger partial charge on any atom is 0.146 e. The molecule has 0 amide bonds. The van der Waals surface area contributed by atoms with Crippen LogP contribution in [0.4, 0.5) is 0 Å². The predicted octanol–water partition coefficient (Wildman–Crippen LogP) is 4.76. The van der Waals surface area contributed by atoms with Gasteiger partial charge in [0.1, 0.15) is 18.2 Å². The number of aryl methyl sites for hydroxylation is 1. The van der Waals surface area contributed by atoms with Crippen LogP contribution in [0.1, 0.15) is 11.4 Å². The Hall–Kier alpha value is -1.71. The van der Waals surface area contributed by atoms with Crippen LogP contribution in [0.25, 0.3) is 11.0 Å². The monoisotopic (exact) mass is 306 g/mol. The summed E-state index contributed by atoms with van der Waals surface area (Å²) in [6.07, 6.45) is 0. The molecule has 0 spiro atoms. The van der Waals surface area contributed by atoms with Gasteiger partial charge in [-0.1, -0.05) is 40.9 Å². The number of halogens is 2. The normalized spacial score (nSPS) is 10.9. The zero-order valence-corrected chi connectivity index (χ0v) is 12.3. The Bertz CT molecular complexity index is 711. The van der Waals surface area contributed by atoms with Crippen LogP contribution >= 0.6 is 23.2 Å². The molecule has 0 radical (unpaired) electrons. The quantitative estimate of drug-likeness (QED) is 0.757. The molecule has 1 heterocycles. The van der Waals surface area contributed by atoms with Crippen LogP contribution in [0.15, 0.2) is 36.4 Å². The summed E-state index contributed by atoms with van der Waals surface area (Å²) in [6.45, 7) is 2.41. The van der Waals surface area contributed by atoms with E-state index in [4.69, 9.17) is 27.9 Å². The molecule has 0 saturated heterocycles. The molecule has 0 aliphatic carbocycles. The molecule has 5 heteroatoms. The molecule has 102 valence electrons. The van der Waals surface area contributed by atoms with Crippen LogP contribution in [-0.4, -0.2) is 9.97 Å². The number of fused-ring (bicyclic) bond motifs is 1. The smallest absolute Gasteiger partial charge is 0.146 e. The molecular formula is C15H12Cl2N2O. The molecule has 3 aromatic rings. The number of aromatic amines is 1. The van der Waals surface area contributed by atoms with Gasteiger partial charge in [0.2, 0.25) is 0 Å². The van der Waals surface area contributed by atoms with Crippen molar-refractivity contribution in [1.29, 1.82) is 0 Å². The van der Waals surface area contributed by atoms with Gasteiger partial charge in [-0.15, -0.1) is 0 Å². The molecular weight excluding hydrogens is 295 g/mol. The maximum atomic E-state index is 5.97. The van der Waals surface area contributed by atoms with Gasteiger partial charge in [0, 0.05) is 0 Å². The van der Waals surface area contributed by atoms with E-state index < -0.39 is 0 Å². The summed E-state index contributed by atoms with van der Waals surface area (Å²) in [6, 6.07) is 11.4. The van der Waals surface area contributed by atoms with Gasteiger partial charge < -0.3 is 9.72 Å².